The van der Waals surface area contributed by atoms with Gasteiger partial charge in [0.1, 0.15) is 10.7 Å². The Kier molecular flexibility index (Phi) is 7.16. The van der Waals surface area contributed by atoms with E-state index in [1.165, 1.54) is 36.1 Å². The number of aromatic nitrogens is 2. The summed E-state index contributed by atoms with van der Waals surface area (Å²) < 4.78 is 42.3. The van der Waals surface area contributed by atoms with E-state index in [1.807, 2.05) is 0 Å². The minimum Gasteiger partial charge on any atom is -0.332 e. The van der Waals surface area contributed by atoms with Crippen LogP contribution >= 0.6 is 12.4 Å². The van der Waals surface area contributed by atoms with Gasteiger partial charge in [0.2, 0.25) is 15.9 Å². The van der Waals surface area contributed by atoms with Gasteiger partial charge in [0.15, 0.2) is 0 Å². The number of piperazine rings is 1. The van der Waals surface area contributed by atoms with Crippen LogP contribution in [0.3, 0.4) is 0 Å². The molecule has 2 aromatic rings. The first kappa shape index (κ1) is 22.3. The number of hydrogen-bond donors (Lipinski definition) is 2. The van der Waals surface area contributed by atoms with Gasteiger partial charge in [-0.15, -0.1) is 12.4 Å². The highest BCUT2D eigenvalue weighted by atomic mass is 35.5. The number of rotatable bonds is 5. The average Bonchev–Trinajstić information content (AvgIpc) is 3.08. The molecule has 8 nitrogen and oxygen atoms in total. The van der Waals surface area contributed by atoms with Gasteiger partial charge in [-0.25, -0.2) is 12.8 Å². The normalized spacial score (nSPS) is 18.4. The van der Waals surface area contributed by atoms with Gasteiger partial charge in [0, 0.05) is 32.9 Å². The summed E-state index contributed by atoms with van der Waals surface area (Å²) in [5.74, 6) is -0.742. The number of carbonyl (C=O) groups excluding carboxylic acids is 1. The van der Waals surface area contributed by atoms with Gasteiger partial charge < -0.3 is 10.2 Å². The SMILES string of the molecule is CC(NS(=O)(=O)c1cnn(C)c1)C(=O)N1CCNCC1c1cccc(F)c1.Cl. The Hall–Kier alpha value is -2.01. The van der Waals surface area contributed by atoms with Gasteiger partial charge in [-0.05, 0) is 24.6 Å². The van der Waals surface area contributed by atoms with Crippen LogP contribution in [0.5, 0.6) is 0 Å². The Balaban J connectivity index is 0.00000280. The van der Waals surface area contributed by atoms with Gasteiger partial charge in [-0.3, -0.25) is 9.48 Å². The molecule has 1 aromatic carbocycles. The second-order valence-corrected chi connectivity index (χ2v) is 8.21. The zero-order valence-corrected chi connectivity index (χ0v) is 17.1. The first-order valence-corrected chi connectivity index (χ1v) is 10.0. The zero-order valence-electron chi connectivity index (χ0n) is 15.5. The maximum Gasteiger partial charge on any atom is 0.244 e. The van der Waals surface area contributed by atoms with Crippen LogP contribution in [0, 0.1) is 5.82 Å². The number of nitrogens with one attached hydrogen (secondary N) is 2. The number of nitrogens with zero attached hydrogens (tertiary/aromatic N) is 3. The Morgan fingerprint density at radius 3 is 2.82 bits per heavy atom. The topological polar surface area (TPSA) is 96.3 Å². The molecule has 2 atom stereocenters. The Morgan fingerprint density at radius 2 is 2.18 bits per heavy atom. The molecule has 1 aliphatic heterocycles. The highest BCUT2D eigenvalue weighted by Gasteiger charge is 2.33. The first-order chi connectivity index (χ1) is 12.8. The van der Waals surface area contributed by atoms with Crippen LogP contribution in [-0.2, 0) is 21.9 Å². The summed E-state index contributed by atoms with van der Waals surface area (Å²) in [5, 5.41) is 7.03. The van der Waals surface area contributed by atoms with E-state index in [0.717, 1.165) is 0 Å². The molecule has 0 radical (unpaired) electrons. The van der Waals surface area contributed by atoms with Crippen molar-refractivity contribution in [2.24, 2.45) is 7.05 Å². The molecule has 1 aliphatic rings. The lowest BCUT2D eigenvalue weighted by Gasteiger charge is -2.38. The van der Waals surface area contributed by atoms with E-state index in [2.05, 4.69) is 15.1 Å². The molecule has 2 heterocycles. The van der Waals surface area contributed by atoms with E-state index in [0.29, 0.717) is 25.2 Å². The van der Waals surface area contributed by atoms with Crippen molar-refractivity contribution >= 4 is 28.3 Å². The van der Waals surface area contributed by atoms with Crippen LogP contribution in [-0.4, -0.2) is 54.7 Å². The third-order valence-electron chi connectivity index (χ3n) is 4.45. The fraction of sp³-hybridized carbons (Fsp3) is 0.412. The Labute approximate surface area is 169 Å². The number of sulfonamides is 1. The van der Waals surface area contributed by atoms with Crippen molar-refractivity contribution in [3.8, 4) is 0 Å². The van der Waals surface area contributed by atoms with Crippen LogP contribution < -0.4 is 10.0 Å². The largest absolute Gasteiger partial charge is 0.332 e. The van der Waals surface area contributed by atoms with Gasteiger partial charge in [0.05, 0.1) is 18.3 Å². The predicted octanol–water partition coefficient (Wildman–Crippen LogP) is 0.821. The zero-order chi connectivity index (χ0) is 19.6. The van der Waals surface area contributed by atoms with E-state index in [4.69, 9.17) is 0 Å². The molecule has 2 N–H and O–H groups in total. The molecule has 1 saturated heterocycles. The Bertz CT molecular complexity index is 936. The minimum absolute atomic E-state index is 0. The number of amides is 1. The monoisotopic (exact) mass is 431 g/mol. The fourth-order valence-electron chi connectivity index (χ4n) is 3.12. The lowest BCUT2D eigenvalue weighted by molar-refractivity contribution is -0.136. The molecule has 11 heteroatoms. The van der Waals surface area contributed by atoms with E-state index >= 15 is 0 Å². The Morgan fingerprint density at radius 1 is 1.43 bits per heavy atom. The van der Waals surface area contributed by atoms with Crippen LogP contribution in [0.4, 0.5) is 4.39 Å². The van der Waals surface area contributed by atoms with Gasteiger partial charge in [-0.2, -0.15) is 9.82 Å². The fourth-order valence-corrected chi connectivity index (χ4v) is 4.30. The molecule has 1 amide bonds. The number of aryl methyl sites for hydroxylation is 1. The highest BCUT2D eigenvalue weighted by molar-refractivity contribution is 7.89. The van der Waals surface area contributed by atoms with E-state index in [-0.39, 0.29) is 35.1 Å². The standard InChI is InChI=1S/C17H22FN5O3S.ClH/c1-12(21-27(25,26)15-9-20-22(2)11-15)17(24)23-7-6-19-10-16(23)13-4-3-5-14(18)8-13;/h3-5,8-9,11-12,16,19,21H,6-7,10H2,1-2H3;1H. The molecular weight excluding hydrogens is 409 g/mol. The number of benzene rings is 1. The van der Waals surface area contributed by atoms with Crippen molar-refractivity contribution in [3.05, 3.63) is 48.0 Å². The first-order valence-electron chi connectivity index (χ1n) is 8.55. The predicted molar refractivity (Wildman–Crippen MR) is 104 cm³/mol. The van der Waals surface area contributed by atoms with Gasteiger partial charge >= 0.3 is 0 Å². The molecule has 0 aliphatic carbocycles. The molecule has 28 heavy (non-hydrogen) atoms. The van der Waals surface area contributed by atoms with Crippen LogP contribution in [0.15, 0.2) is 41.6 Å². The lowest BCUT2D eigenvalue weighted by Crippen LogP contribution is -2.54. The highest BCUT2D eigenvalue weighted by Crippen LogP contribution is 2.24. The molecule has 3 rings (SSSR count). The molecule has 0 saturated carbocycles. The molecule has 1 fully saturated rings. The van der Waals surface area contributed by atoms with Crippen molar-refractivity contribution in [2.75, 3.05) is 19.6 Å². The molecular formula is C17H23ClFN5O3S. The van der Waals surface area contributed by atoms with Crippen molar-refractivity contribution < 1.29 is 17.6 Å². The third kappa shape index (κ3) is 4.88. The van der Waals surface area contributed by atoms with Crippen molar-refractivity contribution in [3.63, 3.8) is 0 Å². The van der Waals surface area contributed by atoms with E-state index < -0.39 is 16.1 Å². The summed E-state index contributed by atoms with van der Waals surface area (Å²) in [5.41, 5.74) is 0.665. The molecule has 0 bridgehead atoms. The van der Waals surface area contributed by atoms with Gasteiger partial charge in [0.25, 0.3) is 0 Å². The maximum absolute atomic E-state index is 13.6. The summed E-state index contributed by atoms with van der Waals surface area (Å²) in [7, 11) is -2.26. The summed E-state index contributed by atoms with van der Waals surface area (Å²) in [6.45, 7) is 2.96. The molecule has 0 spiro atoms. The van der Waals surface area contributed by atoms with Crippen molar-refractivity contribution in [1.29, 1.82) is 0 Å². The second-order valence-electron chi connectivity index (χ2n) is 6.50. The summed E-state index contributed by atoms with van der Waals surface area (Å²) in [6, 6.07) is 4.75. The molecule has 154 valence electrons. The second kappa shape index (κ2) is 8.99. The summed E-state index contributed by atoms with van der Waals surface area (Å²) >= 11 is 0. The number of hydrogen-bond acceptors (Lipinski definition) is 5. The van der Waals surface area contributed by atoms with Crippen molar-refractivity contribution in [1.82, 2.24) is 24.7 Å². The third-order valence-corrected chi connectivity index (χ3v) is 5.95. The van der Waals surface area contributed by atoms with E-state index in [9.17, 15) is 17.6 Å². The summed E-state index contributed by atoms with van der Waals surface area (Å²) in [4.78, 5) is 14.5. The van der Waals surface area contributed by atoms with Crippen molar-refractivity contribution in [2.45, 2.75) is 23.9 Å². The lowest BCUT2D eigenvalue weighted by atomic mass is 10.0. The maximum atomic E-state index is 13.6. The van der Waals surface area contributed by atoms with Crippen LogP contribution in [0.25, 0.3) is 0 Å². The minimum atomic E-state index is -3.87. The number of carbonyl (C=O) groups is 1. The summed E-state index contributed by atoms with van der Waals surface area (Å²) in [6.07, 6.45) is 2.58. The van der Waals surface area contributed by atoms with Gasteiger partial charge in [-0.1, -0.05) is 12.1 Å². The van der Waals surface area contributed by atoms with E-state index in [1.54, 1.807) is 24.1 Å². The van der Waals surface area contributed by atoms with Crippen LogP contribution in [0.1, 0.15) is 18.5 Å². The molecule has 2 unspecified atom stereocenters. The quantitative estimate of drug-likeness (QED) is 0.730. The average molecular weight is 432 g/mol. The molecule has 1 aromatic heterocycles. The smallest absolute Gasteiger partial charge is 0.244 e. The van der Waals surface area contributed by atoms with Crippen LogP contribution in [0.2, 0.25) is 0 Å². The number of halogens is 2.